The Kier molecular flexibility index (Phi) is 4.87. The van der Waals surface area contributed by atoms with Crippen LogP contribution in [-0.2, 0) is 0 Å². The molecular weight excluding hydrogens is 296 g/mol. The van der Waals surface area contributed by atoms with Gasteiger partial charge in [-0.15, -0.1) is 10.2 Å². The van der Waals surface area contributed by atoms with Crippen LogP contribution in [0.25, 0.3) is 11.5 Å². The first-order valence-corrected chi connectivity index (χ1v) is 7.79. The first-order valence-electron chi connectivity index (χ1n) is 7.79. The molecule has 2 amide bonds. The van der Waals surface area contributed by atoms with Gasteiger partial charge in [0.1, 0.15) is 0 Å². The number of piperidine rings is 1. The van der Waals surface area contributed by atoms with Crippen molar-refractivity contribution in [1.82, 2.24) is 15.1 Å². The van der Waals surface area contributed by atoms with E-state index in [1.165, 1.54) is 6.39 Å². The van der Waals surface area contributed by atoms with Crippen LogP contribution in [0.1, 0.15) is 19.3 Å². The van der Waals surface area contributed by atoms with E-state index in [1.807, 2.05) is 23.1 Å². The van der Waals surface area contributed by atoms with Crippen molar-refractivity contribution in [2.75, 3.05) is 25.0 Å². The molecule has 1 aliphatic heterocycles. The maximum absolute atomic E-state index is 12.4. The SMILES string of the molecule is O=C(Nc1cccc(-c2nnco2)c1)N1CCC[C@@H](CCO)C1. The van der Waals surface area contributed by atoms with Gasteiger partial charge in [-0.2, -0.15) is 0 Å². The van der Waals surface area contributed by atoms with E-state index >= 15 is 0 Å². The quantitative estimate of drug-likeness (QED) is 0.903. The molecular formula is C16H20N4O3. The molecule has 1 fully saturated rings. The Balaban J connectivity index is 1.65. The second-order valence-electron chi connectivity index (χ2n) is 5.72. The van der Waals surface area contributed by atoms with Crippen LogP contribution >= 0.6 is 0 Å². The summed E-state index contributed by atoms with van der Waals surface area (Å²) in [6.45, 7) is 1.61. The van der Waals surface area contributed by atoms with E-state index in [2.05, 4.69) is 15.5 Å². The van der Waals surface area contributed by atoms with Gasteiger partial charge in [-0.05, 0) is 43.4 Å². The number of aromatic nitrogens is 2. The third-order valence-electron chi connectivity index (χ3n) is 4.06. The number of amides is 2. The highest BCUT2D eigenvalue weighted by Gasteiger charge is 2.23. The predicted octanol–water partition coefficient (Wildman–Crippen LogP) is 2.36. The molecule has 2 N–H and O–H groups in total. The van der Waals surface area contributed by atoms with E-state index in [0.717, 1.165) is 31.4 Å². The molecule has 0 spiro atoms. The second-order valence-corrected chi connectivity index (χ2v) is 5.72. The van der Waals surface area contributed by atoms with E-state index in [9.17, 15) is 4.79 Å². The summed E-state index contributed by atoms with van der Waals surface area (Å²) < 4.78 is 5.17. The Morgan fingerprint density at radius 1 is 1.48 bits per heavy atom. The molecule has 1 aliphatic rings. The molecule has 0 radical (unpaired) electrons. The van der Waals surface area contributed by atoms with Crippen molar-refractivity contribution < 1.29 is 14.3 Å². The van der Waals surface area contributed by atoms with Gasteiger partial charge in [0.05, 0.1) is 0 Å². The minimum atomic E-state index is -0.115. The zero-order valence-electron chi connectivity index (χ0n) is 12.8. The van der Waals surface area contributed by atoms with E-state index < -0.39 is 0 Å². The summed E-state index contributed by atoms with van der Waals surface area (Å²) in [5.74, 6) is 0.798. The van der Waals surface area contributed by atoms with Crippen LogP contribution in [0.3, 0.4) is 0 Å². The molecule has 1 aromatic carbocycles. The average Bonchev–Trinajstić information content (AvgIpc) is 3.10. The van der Waals surface area contributed by atoms with Gasteiger partial charge in [-0.1, -0.05) is 6.07 Å². The smallest absolute Gasteiger partial charge is 0.321 e. The van der Waals surface area contributed by atoms with Crippen LogP contribution in [0.4, 0.5) is 10.5 Å². The van der Waals surface area contributed by atoms with Gasteiger partial charge in [0.15, 0.2) is 0 Å². The van der Waals surface area contributed by atoms with Crippen LogP contribution in [-0.4, -0.2) is 45.9 Å². The monoisotopic (exact) mass is 316 g/mol. The summed E-state index contributed by atoms with van der Waals surface area (Å²) in [5, 5.41) is 19.5. The van der Waals surface area contributed by atoms with Crippen molar-refractivity contribution in [2.24, 2.45) is 5.92 Å². The number of urea groups is 1. The van der Waals surface area contributed by atoms with Crippen molar-refractivity contribution in [1.29, 1.82) is 0 Å². The number of likely N-dealkylation sites (tertiary alicyclic amines) is 1. The normalized spacial score (nSPS) is 18.0. The van der Waals surface area contributed by atoms with Crippen LogP contribution in [0.15, 0.2) is 35.1 Å². The second kappa shape index (κ2) is 7.23. The molecule has 2 aromatic rings. The van der Waals surface area contributed by atoms with Gasteiger partial charge in [0.25, 0.3) is 0 Å². The van der Waals surface area contributed by atoms with Crippen LogP contribution in [0.2, 0.25) is 0 Å². The molecule has 23 heavy (non-hydrogen) atoms. The molecule has 0 unspecified atom stereocenters. The van der Waals surface area contributed by atoms with Crippen molar-refractivity contribution in [2.45, 2.75) is 19.3 Å². The Bertz CT molecular complexity index is 643. The summed E-state index contributed by atoms with van der Waals surface area (Å²) in [7, 11) is 0. The number of aliphatic hydroxyl groups excluding tert-OH is 1. The summed E-state index contributed by atoms with van der Waals surface area (Å²) in [4.78, 5) is 14.2. The highest BCUT2D eigenvalue weighted by Crippen LogP contribution is 2.22. The number of nitrogens with one attached hydrogen (secondary N) is 1. The number of aliphatic hydroxyl groups is 1. The lowest BCUT2D eigenvalue weighted by Crippen LogP contribution is -2.42. The fourth-order valence-corrected chi connectivity index (χ4v) is 2.90. The Morgan fingerprint density at radius 3 is 3.17 bits per heavy atom. The maximum atomic E-state index is 12.4. The van der Waals surface area contributed by atoms with E-state index in [-0.39, 0.29) is 12.6 Å². The largest absolute Gasteiger partial charge is 0.423 e. The van der Waals surface area contributed by atoms with E-state index in [1.54, 1.807) is 6.07 Å². The van der Waals surface area contributed by atoms with Gasteiger partial charge in [0.2, 0.25) is 12.3 Å². The molecule has 7 heteroatoms. The Labute approximate surface area is 134 Å². The summed E-state index contributed by atoms with van der Waals surface area (Å²) in [6, 6.07) is 7.20. The predicted molar refractivity (Wildman–Crippen MR) is 84.8 cm³/mol. The van der Waals surface area contributed by atoms with Crippen molar-refractivity contribution in [3.63, 3.8) is 0 Å². The van der Waals surface area contributed by atoms with E-state index in [0.29, 0.717) is 24.0 Å². The zero-order valence-corrected chi connectivity index (χ0v) is 12.8. The molecule has 0 bridgehead atoms. The standard InChI is InChI=1S/C16H20N4O3/c21-8-6-12-3-2-7-20(10-12)16(22)18-14-5-1-4-13(9-14)15-19-17-11-23-15/h1,4-5,9,11-12,21H,2-3,6-8,10H2,(H,18,22)/t12-/m0/s1. The fraction of sp³-hybridized carbons (Fsp3) is 0.438. The van der Waals surface area contributed by atoms with Gasteiger partial charge in [-0.3, -0.25) is 0 Å². The Hall–Kier alpha value is -2.41. The van der Waals surface area contributed by atoms with E-state index in [4.69, 9.17) is 9.52 Å². The first-order chi connectivity index (χ1) is 11.3. The van der Waals surface area contributed by atoms with Crippen LogP contribution in [0.5, 0.6) is 0 Å². The van der Waals surface area contributed by atoms with Crippen LogP contribution < -0.4 is 5.32 Å². The number of benzene rings is 1. The van der Waals surface area contributed by atoms with Crippen molar-refractivity contribution >= 4 is 11.7 Å². The number of carbonyl (C=O) groups excluding carboxylic acids is 1. The molecule has 1 saturated heterocycles. The van der Waals surface area contributed by atoms with Crippen LogP contribution in [0, 0.1) is 5.92 Å². The number of carbonyl (C=O) groups is 1. The molecule has 1 aromatic heterocycles. The minimum Gasteiger partial charge on any atom is -0.423 e. The molecule has 1 atom stereocenters. The highest BCUT2D eigenvalue weighted by molar-refractivity contribution is 5.90. The number of rotatable bonds is 4. The molecule has 122 valence electrons. The third kappa shape index (κ3) is 3.87. The average molecular weight is 316 g/mol. The maximum Gasteiger partial charge on any atom is 0.321 e. The molecule has 0 aliphatic carbocycles. The van der Waals surface area contributed by atoms with Gasteiger partial charge in [0, 0.05) is 30.9 Å². The third-order valence-corrected chi connectivity index (χ3v) is 4.06. The molecule has 3 rings (SSSR count). The lowest BCUT2D eigenvalue weighted by atomic mass is 9.95. The van der Waals surface area contributed by atoms with Crippen molar-refractivity contribution in [3.8, 4) is 11.5 Å². The molecule has 7 nitrogen and oxygen atoms in total. The van der Waals surface area contributed by atoms with Gasteiger partial charge < -0.3 is 19.7 Å². The zero-order chi connectivity index (χ0) is 16.1. The van der Waals surface area contributed by atoms with Crippen molar-refractivity contribution in [3.05, 3.63) is 30.7 Å². The molecule has 0 saturated carbocycles. The number of hydrogen-bond donors (Lipinski definition) is 2. The first kappa shape index (κ1) is 15.5. The molecule has 2 heterocycles. The summed E-state index contributed by atoms with van der Waals surface area (Å²) >= 11 is 0. The van der Waals surface area contributed by atoms with Gasteiger partial charge >= 0.3 is 6.03 Å². The summed E-state index contributed by atoms with van der Waals surface area (Å²) in [6.07, 6.45) is 4.06. The fourth-order valence-electron chi connectivity index (χ4n) is 2.90. The number of anilines is 1. The lowest BCUT2D eigenvalue weighted by Gasteiger charge is -2.32. The Morgan fingerprint density at radius 2 is 2.39 bits per heavy atom. The topological polar surface area (TPSA) is 91.5 Å². The lowest BCUT2D eigenvalue weighted by molar-refractivity contribution is 0.159. The van der Waals surface area contributed by atoms with Gasteiger partial charge in [-0.25, -0.2) is 4.79 Å². The highest BCUT2D eigenvalue weighted by atomic mass is 16.4. The number of hydrogen-bond acceptors (Lipinski definition) is 5. The number of nitrogens with zero attached hydrogens (tertiary/aromatic N) is 3. The summed E-state index contributed by atoms with van der Waals surface area (Å²) in [5.41, 5.74) is 1.45. The minimum absolute atomic E-state index is 0.115.